The minimum atomic E-state index is -0.286. The molecule has 1 aromatic rings. The van der Waals surface area contributed by atoms with Crippen LogP contribution in [-0.2, 0) is 9.59 Å². The molecule has 0 spiro atoms. The van der Waals surface area contributed by atoms with E-state index in [4.69, 9.17) is 0 Å². The van der Waals surface area contributed by atoms with Gasteiger partial charge in [-0.1, -0.05) is 17.7 Å². The third kappa shape index (κ3) is 4.30. The minimum absolute atomic E-state index is 0.0547. The molecule has 2 N–H and O–H groups in total. The van der Waals surface area contributed by atoms with Crippen molar-refractivity contribution in [3.8, 4) is 0 Å². The summed E-state index contributed by atoms with van der Waals surface area (Å²) < 4.78 is 0. The SMILES string of the molecule is Cc1cccc(C(=O)NCC(=O)N2CCCNC(=O)C2)c1. The van der Waals surface area contributed by atoms with Crippen LogP contribution in [0.1, 0.15) is 22.3 Å². The summed E-state index contributed by atoms with van der Waals surface area (Å²) in [7, 11) is 0. The van der Waals surface area contributed by atoms with Gasteiger partial charge in [0.25, 0.3) is 5.91 Å². The Hall–Kier alpha value is -2.37. The van der Waals surface area contributed by atoms with E-state index in [1.807, 2.05) is 13.0 Å². The molecule has 1 heterocycles. The van der Waals surface area contributed by atoms with Crippen LogP contribution in [-0.4, -0.2) is 48.8 Å². The second-order valence-corrected chi connectivity index (χ2v) is 5.07. The van der Waals surface area contributed by atoms with E-state index < -0.39 is 0 Å². The summed E-state index contributed by atoms with van der Waals surface area (Å²) in [6, 6.07) is 7.16. The van der Waals surface area contributed by atoms with Gasteiger partial charge in [-0.2, -0.15) is 0 Å². The van der Waals surface area contributed by atoms with Gasteiger partial charge >= 0.3 is 0 Å². The summed E-state index contributed by atoms with van der Waals surface area (Å²) in [5.41, 5.74) is 1.51. The Labute approximate surface area is 123 Å². The zero-order chi connectivity index (χ0) is 15.2. The van der Waals surface area contributed by atoms with Crippen LogP contribution < -0.4 is 10.6 Å². The zero-order valence-corrected chi connectivity index (χ0v) is 12.0. The number of amides is 3. The Bertz CT molecular complexity index is 557. The van der Waals surface area contributed by atoms with E-state index in [1.165, 1.54) is 4.90 Å². The molecule has 0 radical (unpaired) electrons. The summed E-state index contributed by atoms with van der Waals surface area (Å²) in [6.45, 7) is 2.97. The molecule has 21 heavy (non-hydrogen) atoms. The Morgan fingerprint density at radius 1 is 1.38 bits per heavy atom. The number of nitrogens with zero attached hydrogens (tertiary/aromatic N) is 1. The monoisotopic (exact) mass is 289 g/mol. The van der Waals surface area contributed by atoms with Gasteiger partial charge in [-0.05, 0) is 25.5 Å². The van der Waals surface area contributed by atoms with Gasteiger partial charge in [0.15, 0.2) is 0 Å². The molecule has 3 amide bonds. The second kappa shape index (κ2) is 6.88. The Morgan fingerprint density at radius 2 is 2.19 bits per heavy atom. The molecule has 0 atom stereocenters. The first kappa shape index (κ1) is 15.0. The van der Waals surface area contributed by atoms with E-state index in [2.05, 4.69) is 10.6 Å². The van der Waals surface area contributed by atoms with Crippen LogP contribution in [0.4, 0.5) is 0 Å². The molecule has 2 rings (SSSR count). The van der Waals surface area contributed by atoms with Gasteiger partial charge < -0.3 is 15.5 Å². The number of hydrogen-bond acceptors (Lipinski definition) is 3. The normalized spacial score (nSPS) is 15.1. The highest BCUT2D eigenvalue weighted by atomic mass is 16.2. The van der Waals surface area contributed by atoms with Crippen LogP contribution in [0, 0.1) is 6.92 Å². The Morgan fingerprint density at radius 3 is 2.95 bits per heavy atom. The van der Waals surface area contributed by atoms with Crippen molar-refractivity contribution in [2.24, 2.45) is 0 Å². The van der Waals surface area contributed by atoms with Gasteiger partial charge in [0, 0.05) is 18.7 Å². The van der Waals surface area contributed by atoms with E-state index in [-0.39, 0.29) is 30.8 Å². The van der Waals surface area contributed by atoms with Crippen LogP contribution in [0.5, 0.6) is 0 Å². The average Bonchev–Trinajstić information content (AvgIpc) is 2.69. The Kier molecular flexibility index (Phi) is 4.92. The first-order chi connectivity index (χ1) is 10.1. The molecule has 1 saturated heterocycles. The van der Waals surface area contributed by atoms with E-state index >= 15 is 0 Å². The van der Waals surface area contributed by atoms with E-state index in [9.17, 15) is 14.4 Å². The quantitative estimate of drug-likeness (QED) is 0.827. The lowest BCUT2D eigenvalue weighted by molar-refractivity contribution is -0.134. The van der Waals surface area contributed by atoms with Crippen molar-refractivity contribution in [2.45, 2.75) is 13.3 Å². The summed E-state index contributed by atoms with van der Waals surface area (Å²) in [4.78, 5) is 36.9. The third-order valence-corrected chi connectivity index (χ3v) is 3.29. The van der Waals surface area contributed by atoms with Crippen molar-refractivity contribution < 1.29 is 14.4 Å². The number of aryl methyl sites for hydroxylation is 1. The fraction of sp³-hybridized carbons (Fsp3) is 0.400. The number of nitrogens with one attached hydrogen (secondary N) is 2. The molecule has 112 valence electrons. The maximum atomic E-state index is 12.0. The standard InChI is InChI=1S/C15H19N3O3/c1-11-4-2-5-12(8-11)15(21)17-9-14(20)18-7-3-6-16-13(19)10-18/h2,4-5,8H,3,6-7,9-10H2,1H3,(H,16,19)(H,17,21). The molecule has 1 fully saturated rings. The molecule has 6 heteroatoms. The van der Waals surface area contributed by atoms with Crippen LogP contribution in [0.25, 0.3) is 0 Å². The minimum Gasteiger partial charge on any atom is -0.354 e. The van der Waals surface area contributed by atoms with Crippen molar-refractivity contribution in [1.29, 1.82) is 0 Å². The average molecular weight is 289 g/mol. The summed E-state index contributed by atoms with van der Waals surface area (Å²) in [5, 5.41) is 5.30. The number of hydrogen-bond donors (Lipinski definition) is 2. The van der Waals surface area contributed by atoms with Crippen molar-refractivity contribution >= 4 is 17.7 Å². The Balaban J connectivity index is 1.88. The molecule has 0 saturated carbocycles. The lowest BCUT2D eigenvalue weighted by Crippen LogP contribution is -2.43. The molecule has 0 bridgehead atoms. The highest BCUT2D eigenvalue weighted by Crippen LogP contribution is 2.03. The van der Waals surface area contributed by atoms with Crippen molar-refractivity contribution in [3.05, 3.63) is 35.4 Å². The molecule has 6 nitrogen and oxygen atoms in total. The van der Waals surface area contributed by atoms with E-state index in [1.54, 1.807) is 18.2 Å². The van der Waals surface area contributed by atoms with Gasteiger partial charge in [0.05, 0.1) is 13.1 Å². The lowest BCUT2D eigenvalue weighted by Gasteiger charge is -2.19. The van der Waals surface area contributed by atoms with Crippen LogP contribution in [0.15, 0.2) is 24.3 Å². The predicted octanol–water partition coefficient (Wildman–Crippen LogP) is 0.0733. The number of carbonyl (C=O) groups excluding carboxylic acids is 3. The molecule has 0 aromatic heterocycles. The maximum absolute atomic E-state index is 12.0. The molecule has 1 aromatic carbocycles. The van der Waals surface area contributed by atoms with E-state index in [0.29, 0.717) is 18.7 Å². The second-order valence-electron chi connectivity index (χ2n) is 5.07. The number of rotatable bonds is 3. The fourth-order valence-corrected chi connectivity index (χ4v) is 2.17. The van der Waals surface area contributed by atoms with Crippen molar-refractivity contribution in [2.75, 3.05) is 26.2 Å². The predicted molar refractivity (Wildman–Crippen MR) is 77.7 cm³/mol. The van der Waals surface area contributed by atoms with Crippen LogP contribution >= 0.6 is 0 Å². The topological polar surface area (TPSA) is 78.5 Å². The zero-order valence-electron chi connectivity index (χ0n) is 12.0. The first-order valence-corrected chi connectivity index (χ1v) is 6.95. The summed E-state index contributed by atoms with van der Waals surface area (Å²) >= 11 is 0. The molecule has 0 aliphatic carbocycles. The summed E-state index contributed by atoms with van der Waals surface area (Å²) in [5.74, 6) is -0.690. The van der Waals surface area contributed by atoms with Crippen molar-refractivity contribution in [3.63, 3.8) is 0 Å². The molecule has 1 aliphatic heterocycles. The van der Waals surface area contributed by atoms with Crippen LogP contribution in [0.2, 0.25) is 0 Å². The fourth-order valence-electron chi connectivity index (χ4n) is 2.17. The smallest absolute Gasteiger partial charge is 0.251 e. The highest BCUT2D eigenvalue weighted by molar-refractivity contribution is 5.97. The number of carbonyl (C=O) groups is 3. The van der Waals surface area contributed by atoms with Gasteiger partial charge in [-0.25, -0.2) is 0 Å². The van der Waals surface area contributed by atoms with Crippen LogP contribution in [0.3, 0.4) is 0 Å². The van der Waals surface area contributed by atoms with Gasteiger partial charge in [0.1, 0.15) is 0 Å². The van der Waals surface area contributed by atoms with Gasteiger partial charge in [-0.3, -0.25) is 14.4 Å². The van der Waals surface area contributed by atoms with Gasteiger partial charge in [0.2, 0.25) is 11.8 Å². The molecule has 0 unspecified atom stereocenters. The molecular weight excluding hydrogens is 270 g/mol. The third-order valence-electron chi connectivity index (χ3n) is 3.29. The van der Waals surface area contributed by atoms with Gasteiger partial charge in [-0.15, -0.1) is 0 Å². The molecular formula is C15H19N3O3. The summed E-state index contributed by atoms with van der Waals surface area (Å²) in [6.07, 6.45) is 0.726. The highest BCUT2D eigenvalue weighted by Gasteiger charge is 2.20. The first-order valence-electron chi connectivity index (χ1n) is 6.95. The van der Waals surface area contributed by atoms with Crippen molar-refractivity contribution in [1.82, 2.24) is 15.5 Å². The largest absolute Gasteiger partial charge is 0.354 e. The number of benzene rings is 1. The molecule has 1 aliphatic rings. The maximum Gasteiger partial charge on any atom is 0.251 e. The van der Waals surface area contributed by atoms with E-state index in [0.717, 1.165) is 12.0 Å². The lowest BCUT2D eigenvalue weighted by atomic mass is 10.1.